The fourth-order valence-corrected chi connectivity index (χ4v) is 5.80. The predicted molar refractivity (Wildman–Crippen MR) is 104 cm³/mol. The summed E-state index contributed by atoms with van der Waals surface area (Å²) in [7, 11) is -4.20. The molecular weight excluding hydrogens is 412 g/mol. The molecule has 0 bridgehead atoms. The average Bonchev–Trinajstić information content (AvgIpc) is 3.06. The maximum atomic E-state index is 13.4. The van der Waals surface area contributed by atoms with E-state index >= 15 is 0 Å². The number of sulfonamides is 1. The van der Waals surface area contributed by atoms with Crippen molar-refractivity contribution >= 4 is 56.2 Å². The third-order valence-corrected chi connectivity index (χ3v) is 7.06. The number of thiophene rings is 1. The third kappa shape index (κ3) is 3.54. The van der Waals surface area contributed by atoms with Gasteiger partial charge in [-0.3, -0.25) is 9.10 Å². The van der Waals surface area contributed by atoms with Crippen LogP contribution in [0.3, 0.4) is 0 Å². The quantitative estimate of drug-likeness (QED) is 0.752. The Morgan fingerprint density at radius 1 is 1.33 bits per heavy atom. The Morgan fingerprint density at radius 3 is 2.70 bits per heavy atom. The number of ether oxygens (including phenoxy) is 1. The number of esters is 1. The lowest BCUT2D eigenvalue weighted by atomic mass is 10.1. The van der Waals surface area contributed by atoms with Crippen molar-refractivity contribution in [2.45, 2.75) is 37.8 Å². The number of carbonyl (C=O) groups is 2. The molecule has 0 spiro atoms. The first-order valence-electron chi connectivity index (χ1n) is 8.06. The van der Waals surface area contributed by atoms with E-state index in [1.54, 1.807) is 13.8 Å². The van der Waals surface area contributed by atoms with E-state index in [1.165, 1.54) is 36.6 Å². The molecule has 1 amide bonds. The van der Waals surface area contributed by atoms with Gasteiger partial charge in [0, 0.05) is 5.02 Å². The fourth-order valence-electron chi connectivity index (χ4n) is 2.71. The zero-order valence-corrected chi connectivity index (χ0v) is 17.1. The number of hydrogen-bond acceptors (Lipinski definition) is 6. The van der Waals surface area contributed by atoms with E-state index < -0.39 is 34.0 Å². The van der Waals surface area contributed by atoms with Gasteiger partial charge < -0.3 is 10.1 Å². The number of carbonyl (C=O) groups excluding carboxylic acids is 2. The molecule has 1 aromatic heterocycles. The van der Waals surface area contributed by atoms with Crippen LogP contribution in [0.15, 0.2) is 34.5 Å². The van der Waals surface area contributed by atoms with Crippen molar-refractivity contribution < 1.29 is 22.7 Å². The third-order valence-electron chi connectivity index (χ3n) is 3.88. The number of hydrogen-bond donors (Lipinski definition) is 1. The van der Waals surface area contributed by atoms with Gasteiger partial charge in [-0.1, -0.05) is 11.6 Å². The highest BCUT2D eigenvalue weighted by Gasteiger charge is 2.40. The fraction of sp³-hybridized carbons (Fsp3) is 0.294. The van der Waals surface area contributed by atoms with Crippen LogP contribution >= 0.6 is 22.9 Å². The minimum absolute atomic E-state index is 0.0302. The molecule has 1 aliphatic heterocycles. The first-order valence-corrected chi connectivity index (χ1v) is 10.8. The van der Waals surface area contributed by atoms with Crippen LogP contribution in [0, 0.1) is 0 Å². The monoisotopic (exact) mass is 428 g/mol. The highest BCUT2D eigenvalue weighted by molar-refractivity contribution is 7.93. The number of nitrogens with one attached hydrogen (secondary N) is 1. The second-order valence-electron chi connectivity index (χ2n) is 6.20. The molecule has 0 radical (unpaired) electrons. The van der Waals surface area contributed by atoms with Crippen molar-refractivity contribution in [2.24, 2.45) is 0 Å². The summed E-state index contributed by atoms with van der Waals surface area (Å²) in [4.78, 5) is 24.4. The molecule has 2 aromatic rings. The smallest absolute Gasteiger partial charge is 0.349 e. The molecule has 1 unspecified atom stereocenters. The van der Waals surface area contributed by atoms with E-state index in [2.05, 4.69) is 5.32 Å². The molecule has 1 atom stereocenters. The summed E-state index contributed by atoms with van der Waals surface area (Å²) in [5, 5.41) is 4.50. The molecule has 1 aliphatic rings. The minimum atomic E-state index is -4.20. The zero-order valence-electron chi connectivity index (χ0n) is 14.7. The van der Waals surface area contributed by atoms with Crippen molar-refractivity contribution in [1.82, 2.24) is 0 Å². The molecular formula is C17H17ClN2O5S2. The van der Waals surface area contributed by atoms with Gasteiger partial charge in [-0.2, -0.15) is 0 Å². The Bertz CT molecular complexity index is 1020. The first kappa shape index (κ1) is 19.7. The van der Waals surface area contributed by atoms with Gasteiger partial charge >= 0.3 is 5.97 Å². The van der Waals surface area contributed by atoms with Crippen molar-refractivity contribution in [2.75, 3.05) is 9.62 Å². The zero-order chi connectivity index (χ0) is 19.9. The molecule has 0 fully saturated rings. The van der Waals surface area contributed by atoms with Crippen molar-refractivity contribution in [1.29, 1.82) is 0 Å². The minimum Gasteiger partial charge on any atom is -0.459 e. The van der Waals surface area contributed by atoms with Crippen LogP contribution in [0.5, 0.6) is 0 Å². The lowest BCUT2D eigenvalue weighted by molar-refractivity contribution is -0.117. The van der Waals surface area contributed by atoms with Crippen LogP contribution in [0.25, 0.3) is 0 Å². The summed E-state index contributed by atoms with van der Waals surface area (Å²) < 4.78 is 32.9. The van der Waals surface area contributed by atoms with Gasteiger partial charge in [0.2, 0.25) is 5.91 Å². The molecule has 1 aromatic carbocycles. The van der Waals surface area contributed by atoms with Gasteiger partial charge in [-0.05, 0) is 50.4 Å². The number of halogens is 1. The standard InChI is InChI=1S/C17H17ClN2O5S2/c1-9(2)25-17(22)15-14(6-7-26-15)27(23,24)20-10(3)16(21)19-12-8-11(18)4-5-13(12)20/h4-10H,1-3H3,(H,19,21). The number of benzene rings is 1. The Balaban J connectivity index is 2.12. The molecule has 0 saturated heterocycles. The summed E-state index contributed by atoms with van der Waals surface area (Å²) in [6.45, 7) is 4.83. The van der Waals surface area contributed by atoms with Gasteiger partial charge in [-0.15, -0.1) is 11.3 Å². The molecule has 0 aliphatic carbocycles. The van der Waals surface area contributed by atoms with E-state index in [1.807, 2.05) is 0 Å². The molecule has 2 heterocycles. The van der Waals surface area contributed by atoms with Crippen LogP contribution in [-0.2, 0) is 19.6 Å². The van der Waals surface area contributed by atoms with E-state index in [0.717, 1.165) is 15.6 Å². The topological polar surface area (TPSA) is 92.8 Å². The van der Waals surface area contributed by atoms with Crippen LogP contribution < -0.4 is 9.62 Å². The van der Waals surface area contributed by atoms with Gasteiger partial charge in [0.25, 0.3) is 10.0 Å². The highest BCUT2D eigenvalue weighted by atomic mass is 35.5. The lowest BCUT2D eigenvalue weighted by Gasteiger charge is -2.35. The van der Waals surface area contributed by atoms with Crippen LogP contribution in [0.1, 0.15) is 30.4 Å². The van der Waals surface area contributed by atoms with Crippen LogP contribution in [-0.4, -0.2) is 32.4 Å². The second-order valence-corrected chi connectivity index (χ2v) is 9.33. The molecule has 0 saturated carbocycles. The SMILES string of the molecule is CC(C)OC(=O)c1sccc1S(=O)(=O)N1c2ccc(Cl)cc2NC(=O)C1C. The summed E-state index contributed by atoms with van der Waals surface area (Å²) in [5.74, 6) is -1.21. The largest absolute Gasteiger partial charge is 0.459 e. The Hall–Kier alpha value is -2.10. The molecule has 27 heavy (non-hydrogen) atoms. The molecule has 1 N–H and O–H groups in total. The maximum absolute atomic E-state index is 13.4. The number of fused-ring (bicyclic) bond motifs is 1. The normalized spacial score (nSPS) is 16.9. The average molecular weight is 429 g/mol. The number of nitrogens with zero attached hydrogens (tertiary/aromatic N) is 1. The van der Waals surface area contributed by atoms with Gasteiger partial charge in [0.15, 0.2) is 0 Å². The highest BCUT2D eigenvalue weighted by Crippen LogP contribution is 2.39. The van der Waals surface area contributed by atoms with Gasteiger partial charge in [0.05, 0.1) is 17.5 Å². The summed E-state index contributed by atoms with van der Waals surface area (Å²) in [6, 6.07) is 4.87. The van der Waals surface area contributed by atoms with E-state index in [0.29, 0.717) is 5.02 Å². The summed E-state index contributed by atoms with van der Waals surface area (Å²) in [5.41, 5.74) is 0.566. The van der Waals surface area contributed by atoms with Crippen molar-refractivity contribution in [3.8, 4) is 0 Å². The van der Waals surface area contributed by atoms with E-state index in [-0.39, 0.29) is 21.1 Å². The van der Waals surface area contributed by atoms with Crippen LogP contribution in [0.4, 0.5) is 11.4 Å². The molecule has 3 rings (SSSR count). The van der Waals surface area contributed by atoms with Crippen molar-refractivity contribution in [3.63, 3.8) is 0 Å². The Kier molecular flexibility index (Phi) is 5.20. The van der Waals surface area contributed by atoms with Crippen molar-refractivity contribution in [3.05, 3.63) is 39.5 Å². The van der Waals surface area contributed by atoms with Crippen LogP contribution in [0.2, 0.25) is 5.02 Å². The van der Waals surface area contributed by atoms with E-state index in [9.17, 15) is 18.0 Å². The molecule has 7 nitrogen and oxygen atoms in total. The summed E-state index contributed by atoms with van der Waals surface area (Å²) in [6.07, 6.45) is -0.391. The van der Waals surface area contributed by atoms with Gasteiger partial charge in [0.1, 0.15) is 15.8 Å². The molecule has 144 valence electrons. The Morgan fingerprint density at radius 2 is 2.04 bits per heavy atom. The summed E-state index contributed by atoms with van der Waals surface area (Å²) >= 11 is 6.93. The Labute approximate surface area is 165 Å². The molecule has 10 heteroatoms. The maximum Gasteiger partial charge on any atom is 0.349 e. The lowest BCUT2D eigenvalue weighted by Crippen LogP contribution is -2.49. The second kappa shape index (κ2) is 7.14. The first-order chi connectivity index (χ1) is 12.6. The van der Waals surface area contributed by atoms with Gasteiger partial charge in [-0.25, -0.2) is 13.2 Å². The number of amides is 1. The number of rotatable bonds is 4. The predicted octanol–water partition coefficient (Wildman–Crippen LogP) is 3.50. The van der Waals surface area contributed by atoms with E-state index in [4.69, 9.17) is 16.3 Å². The number of anilines is 2.